The van der Waals surface area contributed by atoms with Crippen LogP contribution in [0.4, 0.5) is 4.39 Å². The molecule has 216 valence electrons. The molecule has 1 amide bonds. The first-order chi connectivity index (χ1) is 19.5. The van der Waals surface area contributed by atoms with E-state index in [1.54, 1.807) is 55.5 Å². The van der Waals surface area contributed by atoms with Crippen LogP contribution in [0.2, 0.25) is 10.0 Å². The predicted octanol–water partition coefficient (Wildman–Crippen LogP) is 6.28. The Bertz CT molecular complexity index is 1480. The van der Waals surface area contributed by atoms with Gasteiger partial charge in [-0.15, -0.1) is 0 Å². The van der Waals surface area contributed by atoms with Crippen LogP contribution < -0.4 is 0 Å². The maximum atomic E-state index is 16.5. The Morgan fingerprint density at radius 2 is 1.76 bits per heavy atom. The van der Waals surface area contributed by atoms with Gasteiger partial charge in [0.25, 0.3) is 5.91 Å². The fourth-order valence-electron chi connectivity index (χ4n) is 6.05. The summed E-state index contributed by atoms with van der Waals surface area (Å²) in [6.07, 6.45) is 0.268. The van der Waals surface area contributed by atoms with Crippen molar-refractivity contribution in [1.82, 2.24) is 4.90 Å². The van der Waals surface area contributed by atoms with Crippen molar-refractivity contribution in [2.75, 3.05) is 13.7 Å². The van der Waals surface area contributed by atoms with E-state index in [-0.39, 0.29) is 23.1 Å². The molecule has 7 nitrogen and oxygen atoms in total. The lowest BCUT2D eigenvalue weighted by Gasteiger charge is -2.44. The van der Waals surface area contributed by atoms with E-state index < -0.39 is 47.1 Å². The van der Waals surface area contributed by atoms with Crippen molar-refractivity contribution in [3.63, 3.8) is 0 Å². The molecule has 0 spiro atoms. The second kappa shape index (κ2) is 11.0. The highest BCUT2D eigenvalue weighted by Crippen LogP contribution is 2.53. The molecule has 0 saturated carbocycles. The van der Waals surface area contributed by atoms with Crippen LogP contribution in [-0.4, -0.2) is 46.8 Å². The van der Waals surface area contributed by atoms with E-state index >= 15 is 4.39 Å². The van der Waals surface area contributed by atoms with Gasteiger partial charge in [-0.25, -0.2) is 4.39 Å². The summed E-state index contributed by atoms with van der Waals surface area (Å²) < 4.78 is 28.2. The quantitative estimate of drug-likeness (QED) is 0.299. The van der Waals surface area contributed by atoms with Gasteiger partial charge in [0.2, 0.25) is 0 Å². The number of carbonyl (C=O) groups is 2. The molecule has 1 fully saturated rings. The van der Waals surface area contributed by atoms with Crippen LogP contribution in [-0.2, 0) is 25.6 Å². The molecule has 2 aliphatic heterocycles. The van der Waals surface area contributed by atoms with Crippen molar-refractivity contribution in [2.24, 2.45) is 5.92 Å². The van der Waals surface area contributed by atoms with Gasteiger partial charge in [0.05, 0.1) is 29.2 Å². The van der Waals surface area contributed by atoms with Gasteiger partial charge < -0.3 is 19.7 Å². The third kappa shape index (κ3) is 4.62. The van der Waals surface area contributed by atoms with Crippen molar-refractivity contribution >= 4 is 35.1 Å². The van der Waals surface area contributed by atoms with Crippen LogP contribution in [0.25, 0.3) is 0 Å². The fourth-order valence-corrected chi connectivity index (χ4v) is 6.30. The maximum Gasteiger partial charge on any atom is 0.308 e. The third-order valence-corrected chi connectivity index (χ3v) is 8.88. The minimum Gasteiger partial charge on any atom is -0.481 e. The second-order valence-electron chi connectivity index (χ2n) is 10.5. The van der Waals surface area contributed by atoms with Crippen molar-refractivity contribution < 1.29 is 33.7 Å². The molecule has 2 N–H and O–H groups in total. The zero-order valence-electron chi connectivity index (χ0n) is 22.7. The normalized spacial score (nSPS) is 23.0. The number of aliphatic carboxylic acids is 1. The lowest BCUT2D eigenvalue weighted by molar-refractivity contribution is -0.178. The first kappa shape index (κ1) is 29.5. The smallest absolute Gasteiger partial charge is 0.308 e. The zero-order chi connectivity index (χ0) is 29.7. The molecule has 5 atom stereocenters. The Morgan fingerprint density at radius 3 is 2.24 bits per heavy atom. The summed E-state index contributed by atoms with van der Waals surface area (Å²) in [4.78, 5) is 28.3. The van der Waals surface area contributed by atoms with Gasteiger partial charge in [0, 0.05) is 35.7 Å². The van der Waals surface area contributed by atoms with E-state index in [9.17, 15) is 19.8 Å². The summed E-state index contributed by atoms with van der Waals surface area (Å²) >= 11 is 12.3. The molecular formula is C31H30Cl2FNO6. The number of rotatable bonds is 9. The highest BCUT2D eigenvalue weighted by molar-refractivity contribution is 6.30. The monoisotopic (exact) mass is 601 g/mol. The summed E-state index contributed by atoms with van der Waals surface area (Å²) in [5.74, 6) is -3.75. The molecule has 0 aliphatic carbocycles. The van der Waals surface area contributed by atoms with Gasteiger partial charge in [-0.2, -0.15) is 0 Å². The minimum atomic E-state index is -1.87. The summed E-state index contributed by atoms with van der Waals surface area (Å²) in [6, 6.07) is 14.5. The Kier molecular flexibility index (Phi) is 7.91. The lowest BCUT2D eigenvalue weighted by Crippen LogP contribution is -2.51. The number of hydrogen-bond acceptors (Lipinski definition) is 5. The molecule has 1 unspecified atom stereocenters. The number of fused-ring (bicyclic) bond motifs is 1. The van der Waals surface area contributed by atoms with Gasteiger partial charge in [-0.1, -0.05) is 54.4 Å². The Hall–Kier alpha value is -3.01. The second-order valence-corrected chi connectivity index (χ2v) is 11.3. The number of nitrogens with zero attached hydrogens (tertiary/aromatic N) is 1. The van der Waals surface area contributed by atoms with Crippen LogP contribution in [0.3, 0.4) is 0 Å². The summed E-state index contributed by atoms with van der Waals surface area (Å²) in [6.45, 7) is 3.72. The van der Waals surface area contributed by atoms with Crippen LogP contribution in [0.5, 0.6) is 0 Å². The maximum absolute atomic E-state index is 16.5. The first-order valence-corrected chi connectivity index (χ1v) is 14.1. The number of hydrogen-bond donors (Lipinski definition) is 2. The highest BCUT2D eigenvalue weighted by Gasteiger charge is 2.58. The van der Waals surface area contributed by atoms with Gasteiger partial charge in [0.15, 0.2) is 5.72 Å². The number of carboxylic acids is 1. The Labute approximate surface area is 247 Å². The number of halogens is 3. The topological polar surface area (TPSA) is 96.3 Å². The summed E-state index contributed by atoms with van der Waals surface area (Å²) in [7, 11) is 1.34. The molecule has 10 heteroatoms. The van der Waals surface area contributed by atoms with Gasteiger partial charge >= 0.3 is 5.97 Å². The average Bonchev–Trinajstić information content (AvgIpc) is 3.18. The number of benzene rings is 3. The van der Waals surface area contributed by atoms with E-state index in [2.05, 4.69) is 0 Å². The Balaban J connectivity index is 1.81. The highest BCUT2D eigenvalue weighted by atomic mass is 35.5. The van der Waals surface area contributed by atoms with Gasteiger partial charge in [-0.05, 0) is 60.9 Å². The molecule has 5 rings (SSSR count). The van der Waals surface area contributed by atoms with Crippen LogP contribution in [0.15, 0.2) is 60.7 Å². The van der Waals surface area contributed by atoms with Crippen LogP contribution in [0.1, 0.15) is 65.3 Å². The molecule has 2 aliphatic rings. The van der Waals surface area contributed by atoms with E-state index in [4.69, 9.17) is 32.7 Å². The number of carbonyl (C=O) groups excluding carboxylic acids is 1. The van der Waals surface area contributed by atoms with Crippen molar-refractivity contribution in [1.29, 1.82) is 0 Å². The molecule has 41 heavy (non-hydrogen) atoms. The SMILES string of the molecule is CC[C@](O)(c1cc(F)c2c(c1)C(=O)N([C@H](c1ccc(Cl)cc1)[C@H](C)C(=O)O)[C@@]2(OC)c1ccc(Cl)cc1)C1CCO1. The minimum absolute atomic E-state index is 0.0421. The molecule has 0 bridgehead atoms. The number of ether oxygens (including phenoxy) is 2. The number of amides is 1. The largest absolute Gasteiger partial charge is 0.481 e. The van der Waals surface area contributed by atoms with E-state index in [0.29, 0.717) is 34.2 Å². The van der Waals surface area contributed by atoms with Crippen molar-refractivity contribution in [3.8, 4) is 0 Å². The molecule has 0 radical (unpaired) electrons. The van der Waals surface area contributed by atoms with Crippen molar-refractivity contribution in [3.05, 3.63) is 104 Å². The predicted molar refractivity (Wildman–Crippen MR) is 151 cm³/mol. The van der Waals surface area contributed by atoms with Gasteiger partial charge in [-0.3, -0.25) is 14.5 Å². The average molecular weight is 602 g/mol. The van der Waals surface area contributed by atoms with Crippen LogP contribution >= 0.6 is 23.2 Å². The Morgan fingerprint density at radius 1 is 1.17 bits per heavy atom. The number of carboxylic acid groups (broad SMARTS) is 1. The first-order valence-electron chi connectivity index (χ1n) is 13.3. The lowest BCUT2D eigenvalue weighted by atomic mass is 9.80. The molecule has 3 aromatic carbocycles. The number of methoxy groups -OCH3 is 1. The third-order valence-electron chi connectivity index (χ3n) is 8.37. The summed E-state index contributed by atoms with van der Waals surface area (Å²) in [5, 5.41) is 22.6. The zero-order valence-corrected chi connectivity index (χ0v) is 24.2. The molecule has 3 aromatic rings. The van der Waals surface area contributed by atoms with E-state index in [1.165, 1.54) is 31.1 Å². The number of aliphatic hydroxyl groups is 1. The molecule has 2 heterocycles. The van der Waals surface area contributed by atoms with E-state index in [1.807, 2.05) is 0 Å². The molecular weight excluding hydrogens is 572 g/mol. The standard InChI is InChI=1S/C31H30Cl2FNO6/c1-4-30(39,25-13-14-41-25)20-15-23-26(24(34)16-20)31(40-3,19-7-11-22(33)12-8-19)35(28(23)36)27(17(2)29(37)38)18-5-9-21(32)10-6-18/h5-12,15-17,25,27,39H,4,13-14H2,1-3H3,(H,37,38)/t17-,25?,27-,30-,31+/m0/s1. The summed E-state index contributed by atoms with van der Waals surface area (Å²) in [5.41, 5.74) is -2.49. The fraction of sp³-hybridized carbons (Fsp3) is 0.355. The van der Waals surface area contributed by atoms with Gasteiger partial charge in [0.1, 0.15) is 11.4 Å². The molecule has 1 saturated heterocycles. The van der Waals surface area contributed by atoms with E-state index in [0.717, 1.165) is 0 Å². The van der Waals surface area contributed by atoms with Crippen LogP contribution in [0, 0.1) is 11.7 Å². The molecule has 0 aromatic heterocycles. The van der Waals surface area contributed by atoms with Crippen molar-refractivity contribution in [2.45, 2.75) is 50.2 Å².